The highest BCUT2D eigenvalue weighted by atomic mass is 32.2. The van der Waals surface area contributed by atoms with E-state index in [0.717, 1.165) is 0 Å². The maximum absolute atomic E-state index is 12.6. The van der Waals surface area contributed by atoms with Crippen LogP contribution in [0.3, 0.4) is 0 Å². The molecule has 0 aliphatic carbocycles. The van der Waals surface area contributed by atoms with E-state index >= 15 is 0 Å². The average Bonchev–Trinajstić information content (AvgIpc) is 3.03. The second-order valence-electron chi connectivity index (χ2n) is 5.11. The van der Waals surface area contributed by atoms with Gasteiger partial charge in [-0.1, -0.05) is 0 Å². The molecule has 1 saturated heterocycles. The minimum atomic E-state index is -1.24. The molecule has 1 aromatic rings. The molecule has 1 aromatic heterocycles. The second-order valence-corrected chi connectivity index (χ2v) is 7.14. The van der Waals surface area contributed by atoms with Gasteiger partial charge in [-0.2, -0.15) is 0 Å². The number of aliphatic hydroxyl groups excluding tert-OH is 1. The van der Waals surface area contributed by atoms with E-state index in [-0.39, 0.29) is 11.6 Å². The summed E-state index contributed by atoms with van der Waals surface area (Å²) in [4.78, 5) is 38.6. The van der Waals surface area contributed by atoms with Gasteiger partial charge >= 0.3 is 5.97 Å². The molecule has 23 heavy (non-hydrogen) atoms. The Morgan fingerprint density at radius 3 is 2.74 bits per heavy atom. The van der Waals surface area contributed by atoms with E-state index in [1.54, 1.807) is 12.1 Å². The zero-order chi connectivity index (χ0) is 16.7. The molecule has 7 nitrogen and oxygen atoms in total. The van der Waals surface area contributed by atoms with Gasteiger partial charge in [0.15, 0.2) is 0 Å². The molecule has 2 N–H and O–H groups in total. The fourth-order valence-corrected chi connectivity index (χ4v) is 4.97. The number of fused-ring (bicyclic) bond motifs is 1. The number of hydrogen-bond donors (Lipinski definition) is 2. The van der Waals surface area contributed by atoms with Crippen LogP contribution in [0.25, 0.3) is 0 Å². The summed E-state index contributed by atoms with van der Waals surface area (Å²) >= 11 is 2.70. The zero-order valence-corrected chi connectivity index (χ0v) is 13.8. The number of thioether (sulfide) groups is 1. The van der Waals surface area contributed by atoms with Crippen molar-refractivity contribution >= 4 is 45.9 Å². The Morgan fingerprint density at radius 1 is 1.48 bits per heavy atom. The van der Waals surface area contributed by atoms with Crippen LogP contribution < -0.4 is 4.90 Å². The fourth-order valence-electron chi connectivity index (χ4n) is 2.78. The van der Waals surface area contributed by atoms with E-state index in [0.29, 0.717) is 16.3 Å². The lowest BCUT2D eigenvalue weighted by Gasteiger charge is -2.52. The number of aliphatic carboxylic acids is 1. The molecule has 0 spiro atoms. The van der Waals surface area contributed by atoms with Gasteiger partial charge in [-0.15, -0.1) is 23.1 Å². The van der Waals surface area contributed by atoms with Crippen LogP contribution >= 0.6 is 23.1 Å². The molecule has 0 aromatic carbocycles. The van der Waals surface area contributed by atoms with Crippen LogP contribution in [0, 0.1) is 0 Å². The van der Waals surface area contributed by atoms with E-state index in [2.05, 4.69) is 0 Å². The SMILES string of the molecule is CC(=O)N(c1cccs1)[C@@H]1C(=O)N2C(C(=O)O)=C(CO)CS[C@@H]12. The van der Waals surface area contributed by atoms with Crippen LogP contribution in [0.2, 0.25) is 0 Å². The number of carbonyl (C=O) groups is 3. The molecular weight excluding hydrogens is 340 g/mol. The highest BCUT2D eigenvalue weighted by Gasteiger charge is 2.57. The largest absolute Gasteiger partial charge is 0.477 e. The number of carboxylic acids is 1. The van der Waals surface area contributed by atoms with Gasteiger partial charge < -0.3 is 10.2 Å². The van der Waals surface area contributed by atoms with E-state index < -0.39 is 29.9 Å². The maximum atomic E-state index is 12.6. The topological polar surface area (TPSA) is 98.2 Å². The van der Waals surface area contributed by atoms with E-state index in [4.69, 9.17) is 0 Å². The summed E-state index contributed by atoms with van der Waals surface area (Å²) in [6, 6.07) is 2.82. The Hall–Kier alpha value is -1.84. The van der Waals surface area contributed by atoms with Crippen molar-refractivity contribution in [3.05, 3.63) is 28.8 Å². The van der Waals surface area contributed by atoms with Crippen molar-refractivity contribution in [3.63, 3.8) is 0 Å². The first-order valence-corrected chi connectivity index (χ1v) is 8.74. The zero-order valence-electron chi connectivity index (χ0n) is 12.1. The molecule has 2 amide bonds. The number of carbonyl (C=O) groups excluding carboxylic acids is 2. The Labute approximate surface area is 140 Å². The van der Waals surface area contributed by atoms with E-state index in [1.807, 2.05) is 5.38 Å². The summed E-state index contributed by atoms with van der Waals surface area (Å²) in [6.07, 6.45) is 0. The lowest BCUT2D eigenvalue weighted by atomic mass is 10.0. The Morgan fingerprint density at radius 2 is 2.22 bits per heavy atom. The predicted octanol–water partition coefficient (Wildman–Crippen LogP) is 0.716. The molecule has 3 heterocycles. The van der Waals surface area contributed by atoms with Gasteiger partial charge in [-0.05, 0) is 23.1 Å². The number of rotatable bonds is 4. The normalized spacial score (nSPS) is 23.4. The maximum Gasteiger partial charge on any atom is 0.352 e. The van der Waals surface area contributed by atoms with Crippen LogP contribution in [-0.4, -0.2) is 56.7 Å². The number of amides is 2. The average molecular weight is 354 g/mol. The van der Waals surface area contributed by atoms with Crippen LogP contribution in [0.4, 0.5) is 5.00 Å². The summed E-state index contributed by atoms with van der Waals surface area (Å²) in [5.41, 5.74) is 0.156. The number of anilines is 1. The van der Waals surface area contributed by atoms with E-state index in [1.165, 1.54) is 39.8 Å². The van der Waals surface area contributed by atoms with Crippen molar-refractivity contribution in [2.45, 2.75) is 18.3 Å². The van der Waals surface area contributed by atoms with Gasteiger partial charge in [0.05, 0.1) is 11.6 Å². The monoisotopic (exact) mass is 354 g/mol. The van der Waals surface area contributed by atoms with Crippen molar-refractivity contribution in [1.82, 2.24) is 4.90 Å². The number of nitrogens with zero attached hydrogens (tertiary/aromatic N) is 2. The lowest BCUT2D eigenvalue weighted by molar-refractivity contribution is -0.149. The summed E-state index contributed by atoms with van der Waals surface area (Å²) in [5, 5.41) is 20.7. The minimum Gasteiger partial charge on any atom is -0.477 e. The molecule has 2 aliphatic heterocycles. The lowest BCUT2D eigenvalue weighted by Crippen LogP contribution is -2.71. The number of β-lactam (4-membered cyclic amide) rings is 1. The summed E-state index contributed by atoms with van der Waals surface area (Å²) in [7, 11) is 0. The van der Waals surface area contributed by atoms with Crippen molar-refractivity contribution in [2.24, 2.45) is 0 Å². The Kier molecular flexibility index (Phi) is 4.17. The van der Waals surface area contributed by atoms with Crippen molar-refractivity contribution in [3.8, 4) is 0 Å². The molecule has 122 valence electrons. The predicted molar refractivity (Wildman–Crippen MR) is 86.1 cm³/mol. The summed E-state index contributed by atoms with van der Waals surface area (Å²) in [6.45, 7) is 0.980. The van der Waals surface area contributed by atoms with Crippen LogP contribution in [0.15, 0.2) is 28.8 Å². The summed E-state index contributed by atoms with van der Waals surface area (Å²) in [5.74, 6) is -1.62. The third kappa shape index (κ3) is 2.44. The highest BCUT2D eigenvalue weighted by molar-refractivity contribution is 8.00. The first-order valence-electron chi connectivity index (χ1n) is 6.81. The fraction of sp³-hybridized carbons (Fsp3) is 0.357. The number of carboxylic acid groups (broad SMARTS) is 1. The number of aliphatic hydroxyl groups is 1. The molecule has 0 unspecified atom stereocenters. The quantitative estimate of drug-likeness (QED) is 0.773. The van der Waals surface area contributed by atoms with Crippen LogP contribution in [0.5, 0.6) is 0 Å². The second kappa shape index (κ2) is 5.99. The number of thiophene rings is 1. The first kappa shape index (κ1) is 16.0. The third-order valence-corrected chi connectivity index (χ3v) is 5.97. The van der Waals surface area contributed by atoms with Crippen molar-refractivity contribution < 1.29 is 24.6 Å². The Bertz CT molecular complexity index is 700. The van der Waals surface area contributed by atoms with Gasteiger partial charge in [0.2, 0.25) is 5.91 Å². The molecule has 9 heteroatoms. The molecule has 0 radical (unpaired) electrons. The molecular formula is C14H14N2O5S2. The van der Waals surface area contributed by atoms with E-state index in [9.17, 15) is 24.6 Å². The first-order chi connectivity index (χ1) is 11.0. The molecule has 2 aliphatic rings. The molecule has 3 rings (SSSR count). The molecule has 0 saturated carbocycles. The van der Waals surface area contributed by atoms with Crippen molar-refractivity contribution in [2.75, 3.05) is 17.3 Å². The number of hydrogen-bond acceptors (Lipinski definition) is 6. The molecule has 2 atom stereocenters. The Balaban J connectivity index is 1.95. The summed E-state index contributed by atoms with van der Waals surface area (Å²) < 4.78 is 0. The van der Waals surface area contributed by atoms with Crippen molar-refractivity contribution in [1.29, 1.82) is 0 Å². The van der Waals surface area contributed by atoms with Crippen LogP contribution in [0.1, 0.15) is 6.92 Å². The van der Waals surface area contributed by atoms with Gasteiger partial charge in [0, 0.05) is 12.7 Å². The highest BCUT2D eigenvalue weighted by Crippen LogP contribution is 2.44. The standard InChI is InChI=1S/C14H14N2O5S2/c1-7(18)15(9-3-2-4-22-9)11-12(19)16-10(14(20)21)8(5-17)6-23-13(11)16/h2-4,11,13,17H,5-6H2,1H3,(H,20,21)/t11-,13+/m1/s1. The van der Waals surface area contributed by atoms with Gasteiger partial charge in [0.1, 0.15) is 17.1 Å². The van der Waals surface area contributed by atoms with Crippen LogP contribution in [-0.2, 0) is 14.4 Å². The third-order valence-electron chi connectivity index (χ3n) is 3.77. The van der Waals surface area contributed by atoms with Gasteiger partial charge in [-0.3, -0.25) is 19.4 Å². The van der Waals surface area contributed by atoms with Gasteiger partial charge in [0.25, 0.3) is 5.91 Å². The molecule has 1 fully saturated rings. The smallest absolute Gasteiger partial charge is 0.352 e. The minimum absolute atomic E-state index is 0.160. The molecule has 0 bridgehead atoms. The van der Waals surface area contributed by atoms with Gasteiger partial charge in [-0.25, -0.2) is 4.79 Å².